The summed E-state index contributed by atoms with van der Waals surface area (Å²) in [6, 6.07) is 1.11. The normalized spacial score (nSPS) is 13.8. The molecule has 0 saturated heterocycles. The Morgan fingerprint density at radius 3 is 2.42 bits per heavy atom. The molecule has 1 atom stereocenters. The standard InChI is InChI=1S/C9H22O2Si/c1-9(2)7-5-4-6-8-12(3)11-10/h9-10,12H,4-8H2,1-3H3. The quantitative estimate of drug-likeness (QED) is 0.289. The summed E-state index contributed by atoms with van der Waals surface area (Å²) in [6.07, 6.45) is 5.17. The van der Waals surface area contributed by atoms with Crippen LogP contribution in [0, 0.1) is 5.92 Å². The first-order chi connectivity index (χ1) is 5.66. The van der Waals surface area contributed by atoms with Gasteiger partial charge in [0.15, 0.2) is 0 Å². The second-order valence-corrected chi connectivity index (χ2v) is 6.36. The van der Waals surface area contributed by atoms with Crippen LogP contribution in [0.4, 0.5) is 0 Å². The molecule has 0 radical (unpaired) electrons. The molecule has 0 heterocycles. The van der Waals surface area contributed by atoms with Crippen LogP contribution in [-0.2, 0) is 4.58 Å². The van der Waals surface area contributed by atoms with Crippen LogP contribution in [0.2, 0.25) is 12.6 Å². The predicted octanol–water partition coefficient (Wildman–Crippen LogP) is 3.05. The number of rotatable bonds is 7. The summed E-state index contributed by atoms with van der Waals surface area (Å²) >= 11 is 0. The van der Waals surface area contributed by atoms with Crippen molar-refractivity contribution in [2.45, 2.75) is 52.1 Å². The molecule has 0 bridgehead atoms. The van der Waals surface area contributed by atoms with Crippen molar-refractivity contribution in [2.24, 2.45) is 5.92 Å². The van der Waals surface area contributed by atoms with Crippen molar-refractivity contribution in [2.75, 3.05) is 0 Å². The summed E-state index contributed by atoms with van der Waals surface area (Å²) in [7, 11) is -1.19. The average molecular weight is 190 g/mol. The zero-order valence-corrected chi connectivity index (χ0v) is 9.70. The minimum atomic E-state index is -1.19. The fourth-order valence-corrected chi connectivity index (χ4v) is 2.18. The molecule has 74 valence electrons. The Morgan fingerprint density at radius 1 is 1.25 bits per heavy atom. The lowest BCUT2D eigenvalue weighted by atomic mass is 10.1. The molecule has 12 heavy (non-hydrogen) atoms. The average Bonchev–Trinajstić information content (AvgIpc) is 2.03. The topological polar surface area (TPSA) is 29.5 Å². The highest BCUT2D eigenvalue weighted by atomic mass is 28.3. The predicted molar refractivity (Wildman–Crippen MR) is 54.8 cm³/mol. The molecule has 0 rings (SSSR count). The van der Waals surface area contributed by atoms with Gasteiger partial charge >= 0.3 is 0 Å². The van der Waals surface area contributed by atoms with E-state index in [4.69, 9.17) is 5.26 Å². The lowest BCUT2D eigenvalue weighted by Crippen LogP contribution is -2.09. The van der Waals surface area contributed by atoms with Crippen LogP contribution in [0.1, 0.15) is 39.5 Å². The molecule has 0 fully saturated rings. The van der Waals surface area contributed by atoms with Crippen molar-refractivity contribution in [3.8, 4) is 0 Å². The van der Waals surface area contributed by atoms with Crippen LogP contribution >= 0.6 is 0 Å². The molecule has 0 aliphatic heterocycles. The lowest BCUT2D eigenvalue weighted by molar-refractivity contribution is -0.144. The minimum absolute atomic E-state index is 0.828. The van der Waals surface area contributed by atoms with Crippen LogP contribution in [0.3, 0.4) is 0 Å². The molecule has 3 heteroatoms. The molecule has 0 aromatic carbocycles. The van der Waals surface area contributed by atoms with E-state index in [0.29, 0.717) is 0 Å². The first-order valence-electron chi connectivity index (χ1n) is 4.97. The van der Waals surface area contributed by atoms with Gasteiger partial charge in [0.05, 0.1) is 0 Å². The smallest absolute Gasteiger partial charge is 0.220 e. The maximum absolute atomic E-state index is 8.34. The van der Waals surface area contributed by atoms with Crippen LogP contribution < -0.4 is 0 Å². The molecule has 0 aliphatic carbocycles. The van der Waals surface area contributed by atoms with Crippen LogP contribution in [0.5, 0.6) is 0 Å². The maximum atomic E-state index is 8.34. The summed E-state index contributed by atoms with van der Waals surface area (Å²) in [5.74, 6) is 0.828. The van der Waals surface area contributed by atoms with E-state index in [-0.39, 0.29) is 0 Å². The van der Waals surface area contributed by atoms with E-state index in [9.17, 15) is 0 Å². The lowest BCUT2D eigenvalue weighted by Gasteiger charge is -2.06. The Balaban J connectivity index is 3.00. The largest absolute Gasteiger partial charge is 0.293 e. The summed E-state index contributed by atoms with van der Waals surface area (Å²) < 4.78 is 4.32. The van der Waals surface area contributed by atoms with Crippen molar-refractivity contribution in [3.63, 3.8) is 0 Å². The molecule has 2 nitrogen and oxygen atoms in total. The van der Waals surface area contributed by atoms with Crippen molar-refractivity contribution in [3.05, 3.63) is 0 Å². The molecule has 0 aromatic heterocycles. The third-order valence-corrected chi connectivity index (χ3v) is 3.65. The molecule has 0 aliphatic rings. The van der Waals surface area contributed by atoms with Crippen molar-refractivity contribution < 1.29 is 9.83 Å². The van der Waals surface area contributed by atoms with E-state index < -0.39 is 9.04 Å². The van der Waals surface area contributed by atoms with Crippen LogP contribution in [0.25, 0.3) is 0 Å². The van der Waals surface area contributed by atoms with E-state index in [1.807, 2.05) is 6.55 Å². The molecular formula is C9H22O2Si. The van der Waals surface area contributed by atoms with E-state index in [0.717, 1.165) is 12.0 Å². The number of unbranched alkanes of at least 4 members (excludes halogenated alkanes) is 2. The van der Waals surface area contributed by atoms with Gasteiger partial charge in [-0.25, -0.2) is 0 Å². The van der Waals surface area contributed by atoms with Crippen molar-refractivity contribution in [1.29, 1.82) is 0 Å². The fraction of sp³-hybridized carbons (Fsp3) is 1.00. The Hall–Kier alpha value is 0.137. The SMILES string of the molecule is CC(C)CCCCC[SiH](C)OO. The minimum Gasteiger partial charge on any atom is -0.293 e. The molecule has 0 aromatic rings. The first-order valence-corrected chi connectivity index (χ1v) is 7.41. The van der Waals surface area contributed by atoms with E-state index in [2.05, 4.69) is 18.4 Å². The van der Waals surface area contributed by atoms with E-state index in [1.54, 1.807) is 0 Å². The van der Waals surface area contributed by atoms with Crippen molar-refractivity contribution >= 4 is 9.04 Å². The monoisotopic (exact) mass is 190 g/mol. The van der Waals surface area contributed by atoms with Gasteiger partial charge in [-0.2, -0.15) is 0 Å². The molecule has 0 saturated carbocycles. The van der Waals surface area contributed by atoms with Gasteiger partial charge in [-0.05, 0) is 18.5 Å². The van der Waals surface area contributed by atoms with Crippen molar-refractivity contribution in [1.82, 2.24) is 0 Å². The second kappa shape index (κ2) is 7.77. The van der Waals surface area contributed by atoms with Crippen LogP contribution in [-0.4, -0.2) is 14.3 Å². The molecule has 1 unspecified atom stereocenters. The third-order valence-electron chi connectivity index (χ3n) is 2.07. The Kier molecular flexibility index (Phi) is 7.86. The van der Waals surface area contributed by atoms with Gasteiger partial charge in [-0.15, -0.1) is 0 Å². The molecule has 0 amide bonds. The third kappa shape index (κ3) is 8.24. The first kappa shape index (κ1) is 12.1. The molecule has 1 N–H and O–H groups in total. The van der Waals surface area contributed by atoms with Gasteiger partial charge in [0.25, 0.3) is 0 Å². The summed E-state index contributed by atoms with van der Waals surface area (Å²) in [6.45, 7) is 6.55. The van der Waals surface area contributed by atoms with E-state index in [1.165, 1.54) is 25.7 Å². The molecular weight excluding hydrogens is 168 g/mol. The highest BCUT2D eigenvalue weighted by Gasteiger charge is 2.03. The summed E-state index contributed by atoms with van der Waals surface area (Å²) in [5.41, 5.74) is 0. The van der Waals surface area contributed by atoms with Gasteiger partial charge in [0, 0.05) is 0 Å². The summed E-state index contributed by atoms with van der Waals surface area (Å²) in [4.78, 5) is 0. The van der Waals surface area contributed by atoms with Gasteiger partial charge in [-0.1, -0.05) is 39.5 Å². The Morgan fingerprint density at radius 2 is 1.92 bits per heavy atom. The highest BCUT2D eigenvalue weighted by Crippen LogP contribution is 2.10. The Labute approximate surface area is 77.6 Å². The van der Waals surface area contributed by atoms with Gasteiger partial charge in [0.2, 0.25) is 9.04 Å². The zero-order chi connectivity index (χ0) is 9.40. The van der Waals surface area contributed by atoms with Crippen LogP contribution in [0.15, 0.2) is 0 Å². The number of hydrogen-bond acceptors (Lipinski definition) is 2. The van der Waals surface area contributed by atoms with Gasteiger partial charge in [0.1, 0.15) is 0 Å². The van der Waals surface area contributed by atoms with Gasteiger partial charge in [-0.3, -0.25) is 9.83 Å². The summed E-state index contributed by atoms with van der Waals surface area (Å²) in [5, 5.41) is 8.34. The second-order valence-electron chi connectivity index (χ2n) is 3.95. The highest BCUT2D eigenvalue weighted by molar-refractivity contribution is 6.49. The maximum Gasteiger partial charge on any atom is 0.220 e. The number of hydrogen-bond donors (Lipinski definition) is 1. The van der Waals surface area contributed by atoms with Gasteiger partial charge < -0.3 is 0 Å². The fourth-order valence-electron chi connectivity index (χ4n) is 1.21. The Bertz CT molecular complexity index is 96.5. The molecule has 0 spiro atoms. The zero-order valence-electron chi connectivity index (χ0n) is 8.55. The van der Waals surface area contributed by atoms with E-state index >= 15 is 0 Å².